The van der Waals surface area contributed by atoms with Crippen molar-refractivity contribution in [2.24, 2.45) is 5.92 Å². The van der Waals surface area contributed by atoms with E-state index in [2.05, 4.69) is 12.2 Å². The first-order valence-corrected chi connectivity index (χ1v) is 5.20. The molecule has 0 aromatic heterocycles. The van der Waals surface area contributed by atoms with Crippen molar-refractivity contribution in [1.82, 2.24) is 5.32 Å². The third-order valence-corrected chi connectivity index (χ3v) is 3.01. The summed E-state index contributed by atoms with van der Waals surface area (Å²) in [4.78, 5) is 0. The van der Waals surface area contributed by atoms with E-state index in [1.54, 1.807) is 0 Å². The van der Waals surface area contributed by atoms with E-state index in [0.29, 0.717) is 0 Å². The van der Waals surface area contributed by atoms with Gasteiger partial charge < -0.3 is 10.1 Å². The van der Waals surface area contributed by atoms with Crippen molar-refractivity contribution in [3.63, 3.8) is 0 Å². The maximum absolute atomic E-state index is 5.41. The van der Waals surface area contributed by atoms with Crippen LogP contribution in [-0.2, 0) is 4.74 Å². The van der Waals surface area contributed by atoms with Crippen molar-refractivity contribution in [2.75, 3.05) is 13.2 Å². The van der Waals surface area contributed by atoms with Crippen LogP contribution in [0, 0.1) is 5.92 Å². The summed E-state index contributed by atoms with van der Waals surface area (Å²) in [6, 6.07) is 1.57. The molecular weight excluding hydrogens is 150 g/mol. The average Bonchev–Trinajstić information content (AvgIpc) is 2.78. The predicted molar refractivity (Wildman–Crippen MR) is 49.2 cm³/mol. The molecule has 0 bridgehead atoms. The minimum absolute atomic E-state index is 0.738. The van der Waals surface area contributed by atoms with E-state index in [4.69, 9.17) is 4.74 Å². The quantitative estimate of drug-likeness (QED) is 0.677. The third-order valence-electron chi connectivity index (χ3n) is 3.01. The van der Waals surface area contributed by atoms with Crippen molar-refractivity contribution in [3.05, 3.63) is 0 Å². The Kier molecular flexibility index (Phi) is 2.66. The Bertz CT molecular complexity index is 141. The van der Waals surface area contributed by atoms with E-state index >= 15 is 0 Å². The minimum Gasteiger partial charge on any atom is -0.381 e. The second kappa shape index (κ2) is 3.75. The Morgan fingerprint density at radius 2 is 2.08 bits per heavy atom. The SMILES string of the molecule is C[C@@H]1C[C@H]1NC1CCCOCC1. The van der Waals surface area contributed by atoms with E-state index in [9.17, 15) is 0 Å². The molecule has 0 aromatic carbocycles. The van der Waals surface area contributed by atoms with Crippen LogP contribution in [0.4, 0.5) is 0 Å². The normalized spacial score (nSPS) is 42.2. The molecule has 12 heavy (non-hydrogen) atoms. The highest BCUT2D eigenvalue weighted by Gasteiger charge is 2.33. The van der Waals surface area contributed by atoms with Crippen molar-refractivity contribution in [2.45, 2.75) is 44.7 Å². The predicted octanol–water partition coefficient (Wildman–Crippen LogP) is 1.55. The molecule has 70 valence electrons. The van der Waals surface area contributed by atoms with Crippen LogP contribution < -0.4 is 5.32 Å². The fourth-order valence-corrected chi connectivity index (χ4v) is 1.93. The van der Waals surface area contributed by atoms with Gasteiger partial charge in [0, 0.05) is 25.3 Å². The number of hydrogen-bond donors (Lipinski definition) is 1. The van der Waals surface area contributed by atoms with Crippen LogP contribution in [0.5, 0.6) is 0 Å². The highest BCUT2D eigenvalue weighted by molar-refractivity contribution is 4.92. The first kappa shape index (κ1) is 8.52. The lowest BCUT2D eigenvalue weighted by molar-refractivity contribution is 0.142. The second-order valence-corrected chi connectivity index (χ2v) is 4.23. The number of nitrogens with one attached hydrogen (secondary N) is 1. The van der Waals surface area contributed by atoms with Gasteiger partial charge in [-0.2, -0.15) is 0 Å². The smallest absolute Gasteiger partial charge is 0.0480 e. The standard InChI is InChI=1S/C10H19NO/c1-8-7-10(8)11-9-3-2-5-12-6-4-9/h8-11H,2-7H2,1H3/t8-,9?,10-/m1/s1. The molecule has 0 radical (unpaired) electrons. The van der Waals surface area contributed by atoms with Gasteiger partial charge in [-0.25, -0.2) is 0 Å². The molecule has 3 atom stereocenters. The summed E-state index contributed by atoms with van der Waals surface area (Å²) in [6.07, 6.45) is 5.14. The van der Waals surface area contributed by atoms with Crippen LogP contribution in [0.2, 0.25) is 0 Å². The summed E-state index contributed by atoms with van der Waals surface area (Å²) in [5.41, 5.74) is 0. The highest BCUT2D eigenvalue weighted by Crippen LogP contribution is 2.30. The number of rotatable bonds is 2. The lowest BCUT2D eigenvalue weighted by Crippen LogP contribution is -2.31. The van der Waals surface area contributed by atoms with E-state index in [1.807, 2.05) is 0 Å². The van der Waals surface area contributed by atoms with Gasteiger partial charge in [0.15, 0.2) is 0 Å². The van der Waals surface area contributed by atoms with E-state index in [-0.39, 0.29) is 0 Å². The van der Waals surface area contributed by atoms with Gasteiger partial charge >= 0.3 is 0 Å². The molecular formula is C10H19NO. The van der Waals surface area contributed by atoms with Crippen molar-refractivity contribution >= 4 is 0 Å². The highest BCUT2D eigenvalue weighted by atomic mass is 16.5. The Labute approximate surface area is 74.7 Å². The first-order valence-electron chi connectivity index (χ1n) is 5.20. The van der Waals surface area contributed by atoms with E-state index in [1.165, 1.54) is 25.7 Å². The molecule has 1 heterocycles. The van der Waals surface area contributed by atoms with Crippen LogP contribution in [-0.4, -0.2) is 25.3 Å². The van der Waals surface area contributed by atoms with Crippen LogP contribution >= 0.6 is 0 Å². The molecule has 1 saturated heterocycles. The van der Waals surface area contributed by atoms with E-state index in [0.717, 1.165) is 31.2 Å². The van der Waals surface area contributed by atoms with Gasteiger partial charge in [0.25, 0.3) is 0 Å². The van der Waals surface area contributed by atoms with Crippen LogP contribution in [0.1, 0.15) is 32.6 Å². The maximum Gasteiger partial charge on any atom is 0.0480 e. The summed E-state index contributed by atoms with van der Waals surface area (Å²) in [7, 11) is 0. The molecule has 1 saturated carbocycles. The Balaban J connectivity index is 1.71. The van der Waals surface area contributed by atoms with Gasteiger partial charge in [-0.15, -0.1) is 0 Å². The van der Waals surface area contributed by atoms with Gasteiger partial charge in [-0.3, -0.25) is 0 Å². The molecule has 1 aliphatic carbocycles. The van der Waals surface area contributed by atoms with Gasteiger partial charge in [-0.1, -0.05) is 6.92 Å². The molecule has 1 unspecified atom stereocenters. The van der Waals surface area contributed by atoms with Crippen LogP contribution in [0.3, 0.4) is 0 Å². The zero-order valence-corrected chi connectivity index (χ0v) is 7.88. The summed E-state index contributed by atoms with van der Waals surface area (Å²) >= 11 is 0. The molecule has 0 aromatic rings. The first-order chi connectivity index (χ1) is 5.86. The molecule has 2 nitrogen and oxygen atoms in total. The van der Waals surface area contributed by atoms with Crippen LogP contribution in [0.25, 0.3) is 0 Å². The van der Waals surface area contributed by atoms with Gasteiger partial charge in [0.1, 0.15) is 0 Å². The lowest BCUT2D eigenvalue weighted by Gasteiger charge is -2.14. The summed E-state index contributed by atoms with van der Waals surface area (Å²) < 4.78 is 5.41. The monoisotopic (exact) mass is 169 g/mol. The minimum atomic E-state index is 0.738. The molecule has 1 aliphatic heterocycles. The number of ether oxygens (including phenoxy) is 1. The maximum atomic E-state index is 5.41. The van der Waals surface area contributed by atoms with Crippen molar-refractivity contribution < 1.29 is 4.74 Å². The summed E-state index contributed by atoms with van der Waals surface area (Å²) in [6.45, 7) is 4.25. The largest absolute Gasteiger partial charge is 0.381 e. The zero-order valence-electron chi connectivity index (χ0n) is 7.88. The Hall–Kier alpha value is -0.0800. The van der Waals surface area contributed by atoms with Crippen LogP contribution in [0.15, 0.2) is 0 Å². The zero-order chi connectivity index (χ0) is 8.39. The molecule has 2 aliphatic rings. The molecule has 2 fully saturated rings. The van der Waals surface area contributed by atoms with Gasteiger partial charge in [0.2, 0.25) is 0 Å². The third kappa shape index (κ3) is 2.20. The number of hydrogen-bond acceptors (Lipinski definition) is 2. The molecule has 2 heteroatoms. The molecule has 0 amide bonds. The molecule has 2 rings (SSSR count). The second-order valence-electron chi connectivity index (χ2n) is 4.23. The fourth-order valence-electron chi connectivity index (χ4n) is 1.93. The molecule has 1 N–H and O–H groups in total. The van der Waals surface area contributed by atoms with Crippen molar-refractivity contribution in [3.8, 4) is 0 Å². The summed E-state index contributed by atoms with van der Waals surface area (Å²) in [5.74, 6) is 0.925. The fraction of sp³-hybridized carbons (Fsp3) is 1.00. The van der Waals surface area contributed by atoms with Crippen molar-refractivity contribution in [1.29, 1.82) is 0 Å². The van der Waals surface area contributed by atoms with Gasteiger partial charge in [0.05, 0.1) is 0 Å². The topological polar surface area (TPSA) is 21.3 Å². The Morgan fingerprint density at radius 1 is 1.25 bits per heavy atom. The lowest BCUT2D eigenvalue weighted by atomic mass is 10.1. The van der Waals surface area contributed by atoms with Gasteiger partial charge in [-0.05, 0) is 31.6 Å². The molecule has 0 spiro atoms. The summed E-state index contributed by atoms with van der Waals surface area (Å²) in [5, 5.41) is 3.70. The van der Waals surface area contributed by atoms with E-state index < -0.39 is 0 Å². The Morgan fingerprint density at radius 3 is 2.83 bits per heavy atom. The average molecular weight is 169 g/mol.